The Balaban J connectivity index is 1.35. The molecule has 2 aromatic heterocycles. The van der Waals surface area contributed by atoms with Crippen molar-refractivity contribution in [3.8, 4) is 0 Å². The molecule has 1 N–H and O–H groups in total. The minimum absolute atomic E-state index is 0.122. The molecule has 144 valence electrons. The highest BCUT2D eigenvalue weighted by Crippen LogP contribution is 2.52. The van der Waals surface area contributed by atoms with E-state index in [1.54, 1.807) is 11.6 Å². The number of urea groups is 1. The standard InChI is InChI=1S/C19H21N7O2/c1-12-17(22-24-26(12)10-16-20-13(2)28-23-16)21-18(27)25-11-19(8-5-9-19)14-6-3-4-7-15(14)25/h3-4,6-7H,5,8-11H2,1-2H3,(H,21,27). The molecule has 1 saturated carbocycles. The van der Waals surface area contributed by atoms with Crippen LogP contribution in [0.15, 0.2) is 28.8 Å². The fraction of sp³-hybridized carbons (Fsp3) is 0.421. The number of aromatic nitrogens is 5. The molecule has 3 aromatic rings. The zero-order chi connectivity index (χ0) is 19.3. The number of carbonyl (C=O) groups is 1. The number of benzene rings is 1. The van der Waals surface area contributed by atoms with Gasteiger partial charge in [0.2, 0.25) is 5.89 Å². The summed E-state index contributed by atoms with van der Waals surface area (Å²) in [5, 5.41) is 15.0. The highest BCUT2D eigenvalue weighted by Gasteiger charge is 2.48. The van der Waals surface area contributed by atoms with Gasteiger partial charge in [0.25, 0.3) is 0 Å². The Labute approximate surface area is 161 Å². The molecule has 28 heavy (non-hydrogen) atoms. The van der Waals surface area contributed by atoms with Crippen LogP contribution in [-0.4, -0.2) is 37.7 Å². The van der Waals surface area contributed by atoms with E-state index in [1.807, 2.05) is 24.0 Å². The number of hydrogen-bond donors (Lipinski definition) is 1. The van der Waals surface area contributed by atoms with Crippen LogP contribution in [0, 0.1) is 13.8 Å². The molecule has 0 unspecified atom stereocenters. The molecule has 1 aliphatic carbocycles. The fourth-order valence-corrected chi connectivity index (χ4v) is 4.18. The van der Waals surface area contributed by atoms with Crippen LogP contribution < -0.4 is 10.2 Å². The van der Waals surface area contributed by atoms with Crippen molar-refractivity contribution in [1.82, 2.24) is 25.1 Å². The van der Waals surface area contributed by atoms with Gasteiger partial charge in [0.1, 0.15) is 6.54 Å². The van der Waals surface area contributed by atoms with Gasteiger partial charge in [-0.25, -0.2) is 9.48 Å². The first-order valence-electron chi connectivity index (χ1n) is 9.43. The maximum absolute atomic E-state index is 13.0. The molecule has 0 atom stereocenters. The smallest absolute Gasteiger partial charge is 0.327 e. The summed E-state index contributed by atoms with van der Waals surface area (Å²) in [6.45, 7) is 4.64. The summed E-state index contributed by atoms with van der Waals surface area (Å²) in [6.07, 6.45) is 3.48. The minimum Gasteiger partial charge on any atom is -0.340 e. The lowest BCUT2D eigenvalue weighted by Gasteiger charge is -2.38. The largest absolute Gasteiger partial charge is 0.340 e. The number of anilines is 2. The molecule has 1 fully saturated rings. The van der Waals surface area contributed by atoms with E-state index in [9.17, 15) is 4.79 Å². The molecule has 0 radical (unpaired) electrons. The third-order valence-electron chi connectivity index (χ3n) is 5.85. The molecule has 9 heteroatoms. The monoisotopic (exact) mass is 379 g/mol. The van der Waals surface area contributed by atoms with Crippen LogP contribution >= 0.6 is 0 Å². The summed E-state index contributed by atoms with van der Waals surface area (Å²) in [5.41, 5.74) is 3.13. The van der Waals surface area contributed by atoms with Crippen molar-refractivity contribution < 1.29 is 9.32 Å². The molecule has 1 aliphatic heterocycles. The summed E-state index contributed by atoms with van der Waals surface area (Å²) in [7, 11) is 0. The first-order chi connectivity index (χ1) is 13.6. The maximum atomic E-state index is 13.0. The van der Waals surface area contributed by atoms with Crippen LogP contribution in [0.25, 0.3) is 0 Å². The first kappa shape index (κ1) is 16.9. The number of fused-ring (bicyclic) bond motifs is 2. The van der Waals surface area contributed by atoms with Gasteiger partial charge < -0.3 is 4.52 Å². The Morgan fingerprint density at radius 1 is 1.29 bits per heavy atom. The highest BCUT2D eigenvalue weighted by atomic mass is 16.5. The number of para-hydroxylation sites is 1. The normalized spacial score (nSPS) is 16.9. The average molecular weight is 379 g/mol. The average Bonchev–Trinajstić information content (AvgIpc) is 3.33. The van der Waals surface area contributed by atoms with Gasteiger partial charge in [-0.1, -0.05) is 35.0 Å². The molecule has 0 saturated heterocycles. The molecule has 1 aromatic carbocycles. The first-order valence-corrected chi connectivity index (χ1v) is 9.43. The molecule has 1 spiro atoms. The Hall–Kier alpha value is -3.23. The molecule has 2 amide bonds. The van der Waals surface area contributed by atoms with Gasteiger partial charge >= 0.3 is 6.03 Å². The van der Waals surface area contributed by atoms with Crippen molar-refractivity contribution in [2.24, 2.45) is 0 Å². The van der Waals surface area contributed by atoms with Gasteiger partial charge in [-0.3, -0.25) is 10.2 Å². The third-order valence-corrected chi connectivity index (χ3v) is 5.85. The predicted octanol–water partition coefficient (Wildman–Crippen LogP) is 2.80. The molecule has 2 aliphatic rings. The van der Waals surface area contributed by atoms with Crippen LogP contribution in [0.3, 0.4) is 0 Å². The van der Waals surface area contributed by atoms with E-state index >= 15 is 0 Å². The van der Waals surface area contributed by atoms with Crippen LogP contribution in [0.5, 0.6) is 0 Å². The molecule has 3 heterocycles. The Kier molecular flexibility index (Phi) is 3.71. The van der Waals surface area contributed by atoms with Crippen LogP contribution in [-0.2, 0) is 12.0 Å². The Bertz CT molecular complexity index is 1050. The van der Waals surface area contributed by atoms with Gasteiger partial charge in [0, 0.05) is 24.6 Å². The van der Waals surface area contributed by atoms with Gasteiger partial charge in [0.15, 0.2) is 11.6 Å². The summed E-state index contributed by atoms with van der Waals surface area (Å²) in [4.78, 5) is 19.0. The van der Waals surface area contributed by atoms with E-state index in [0.29, 0.717) is 30.6 Å². The number of carbonyl (C=O) groups excluding carboxylic acids is 1. The second-order valence-corrected chi connectivity index (χ2v) is 7.58. The number of aryl methyl sites for hydroxylation is 1. The quantitative estimate of drug-likeness (QED) is 0.751. The number of amides is 2. The van der Waals surface area contributed by atoms with Crippen molar-refractivity contribution in [3.63, 3.8) is 0 Å². The molecule has 5 rings (SSSR count). The summed E-state index contributed by atoms with van der Waals surface area (Å²) in [6, 6.07) is 8.02. The second-order valence-electron chi connectivity index (χ2n) is 7.58. The fourth-order valence-electron chi connectivity index (χ4n) is 4.18. The van der Waals surface area contributed by atoms with E-state index in [1.165, 1.54) is 12.0 Å². The van der Waals surface area contributed by atoms with Crippen molar-refractivity contribution in [2.75, 3.05) is 16.8 Å². The Morgan fingerprint density at radius 3 is 2.82 bits per heavy atom. The number of hydrogen-bond acceptors (Lipinski definition) is 6. The Morgan fingerprint density at radius 2 is 2.11 bits per heavy atom. The molecular formula is C19H21N7O2. The van der Waals surface area contributed by atoms with Crippen LogP contribution in [0.1, 0.15) is 42.2 Å². The predicted molar refractivity (Wildman–Crippen MR) is 101 cm³/mol. The second kappa shape index (κ2) is 6.15. The van der Waals surface area contributed by atoms with Gasteiger partial charge in [-0.2, -0.15) is 4.98 Å². The number of nitrogens with one attached hydrogen (secondary N) is 1. The van der Waals surface area contributed by atoms with Crippen LogP contribution in [0.4, 0.5) is 16.3 Å². The lowest BCUT2D eigenvalue weighted by atomic mass is 9.66. The zero-order valence-corrected chi connectivity index (χ0v) is 15.8. The minimum atomic E-state index is -0.179. The SMILES string of the molecule is Cc1nc(Cn2nnc(NC(=O)N3CC4(CCC4)c4ccccc43)c2C)no1. The lowest BCUT2D eigenvalue weighted by Crippen LogP contribution is -2.43. The van der Waals surface area contributed by atoms with Crippen LogP contribution in [0.2, 0.25) is 0 Å². The molecule has 0 bridgehead atoms. The molecule has 9 nitrogen and oxygen atoms in total. The lowest BCUT2D eigenvalue weighted by molar-refractivity contribution is 0.244. The third kappa shape index (κ3) is 2.57. The summed E-state index contributed by atoms with van der Waals surface area (Å²) < 4.78 is 6.63. The highest BCUT2D eigenvalue weighted by molar-refractivity contribution is 6.03. The van der Waals surface area contributed by atoms with E-state index in [0.717, 1.165) is 24.2 Å². The van der Waals surface area contributed by atoms with E-state index < -0.39 is 0 Å². The van der Waals surface area contributed by atoms with E-state index in [-0.39, 0.29) is 11.4 Å². The van der Waals surface area contributed by atoms with Crippen molar-refractivity contribution >= 4 is 17.5 Å². The van der Waals surface area contributed by atoms with E-state index in [4.69, 9.17) is 4.52 Å². The number of nitrogens with zero attached hydrogens (tertiary/aromatic N) is 6. The van der Waals surface area contributed by atoms with Crippen molar-refractivity contribution in [2.45, 2.75) is 45.1 Å². The zero-order valence-electron chi connectivity index (χ0n) is 15.8. The van der Waals surface area contributed by atoms with E-state index in [2.05, 4.69) is 37.9 Å². The topological polar surface area (TPSA) is 102 Å². The molecular weight excluding hydrogens is 358 g/mol. The number of rotatable bonds is 3. The van der Waals surface area contributed by atoms with Crippen molar-refractivity contribution in [1.29, 1.82) is 0 Å². The van der Waals surface area contributed by atoms with Gasteiger partial charge in [-0.15, -0.1) is 5.10 Å². The summed E-state index contributed by atoms with van der Waals surface area (Å²) in [5.74, 6) is 1.46. The van der Waals surface area contributed by atoms with Gasteiger partial charge in [-0.05, 0) is 31.4 Å². The maximum Gasteiger partial charge on any atom is 0.327 e. The van der Waals surface area contributed by atoms with Crippen molar-refractivity contribution in [3.05, 3.63) is 47.2 Å². The summed E-state index contributed by atoms with van der Waals surface area (Å²) >= 11 is 0. The van der Waals surface area contributed by atoms with Gasteiger partial charge in [0.05, 0.1) is 5.69 Å².